The van der Waals surface area contributed by atoms with Crippen molar-refractivity contribution in [3.63, 3.8) is 0 Å². The molecule has 0 unspecified atom stereocenters. The number of piperidine rings is 1. The van der Waals surface area contributed by atoms with E-state index in [-0.39, 0.29) is 11.8 Å². The summed E-state index contributed by atoms with van der Waals surface area (Å²) in [6, 6.07) is 1.82. The van der Waals surface area contributed by atoms with Crippen LogP contribution in [0.5, 0.6) is 0 Å². The summed E-state index contributed by atoms with van der Waals surface area (Å²) in [6.45, 7) is 6.84. The van der Waals surface area contributed by atoms with E-state index in [1.54, 1.807) is 12.4 Å². The summed E-state index contributed by atoms with van der Waals surface area (Å²) in [5.41, 5.74) is 0. The maximum absolute atomic E-state index is 12.1. The smallest absolute Gasteiger partial charge is 0.225 e. The second kappa shape index (κ2) is 7.22. The van der Waals surface area contributed by atoms with Gasteiger partial charge in [-0.25, -0.2) is 9.97 Å². The number of nitrogens with one attached hydrogen (secondary N) is 1. The van der Waals surface area contributed by atoms with E-state index in [0.29, 0.717) is 5.92 Å². The van der Waals surface area contributed by atoms with Crippen molar-refractivity contribution in [2.24, 2.45) is 11.8 Å². The highest BCUT2D eigenvalue weighted by molar-refractivity contribution is 5.78. The topological polar surface area (TPSA) is 58.1 Å². The number of hydrogen-bond acceptors (Lipinski definition) is 4. The Morgan fingerprint density at radius 2 is 2.00 bits per heavy atom. The Morgan fingerprint density at radius 1 is 1.35 bits per heavy atom. The van der Waals surface area contributed by atoms with Crippen molar-refractivity contribution >= 4 is 11.9 Å². The van der Waals surface area contributed by atoms with Gasteiger partial charge in [-0.15, -0.1) is 0 Å². The zero-order chi connectivity index (χ0) is 14.4. The summed E-state index contributed by atoms with van der Waals surface area (Å²) >= 11 is 0. The molecular weight excluding hydrogens is 252 g/mol. The summed E-state index contributed by atoms with van der Waals surface area (Å²) < 4.78 is 0. The zero-order valence-electron chi connectivity index (χ0n) is 12.4. The summed E-state index contributed by atoms with van der Waals surface area (Å²) in [7, 11) is 0. The number of carbonyl (C=O) groups is 1. The highest BCUT2D eigenvalue weighted by atomic mass is 16.1. The van der Waals surface area contributed by atoms with Gasteiger partial charge in [0.15, 0.2) is 0 Å². The SMILES string of the molecule is CC(C)CCNC(=O)C1CCN(c2ncccn2)CC1. The van der Waals surface area contributed by atoms with Gasteiger partial charge in [0, 0.05) is 37.9 Å². The normalized spacial score (nSPS) is 16.4. The molecular formula is C15H24N4O. The third-order valence-corrected chi connectivity index (χ3v) is 3.72. The summed E-state index contributed by atoms with van der Waals surface area (Å²) in [5.74, 6) is 1.75. The molecule has 1 aliphatic rings. The quantitative estimate of drug-likeness (QED) is 0.891. The predicted octanol–water partition coefficient (Wildman–Crippen LogP) is 1.86. The molecule has 2 heterocycles. The Bertz CT molecular complexity index is 413. The Labute approximate surface area is 120 Å². The minimum Gasteiger partial charge on any atom is -0.356 e. The van der Waals surface area contributed by atoms with Crippen LogP contribution in [0.15, 0.2) is 18.5 Å². The van der Waals surface area contributed by atoms with Gasteiger partial charge in [0.25, 0.3) is 0 Å². The molecule has 0 atom stereocenters. The number of aromatic nitrogens is 2. The van der Waals surface area contributed by atoms with Gasteiger partial charge in [-0.3, -0.25) is 4.79 Å². The first-order chi connectivity index (χ1) is 9.66. The molecule has 1 fully saturated rings. The molecule has 0 bridgehead atoms. The van der Waals surface area contributed by atoms with Crippen LogP contribution in [0.3, 0.4) is 0 Å². The molecule has 1 amide bonds. The van der Waals surface area contributed by atoms with Gasteiger partial charge in [-0.05, 0) is 31.2 Å². The lowest BCUT2D eigenvalue weighted by Crippen LogP contribution is -2.41. The second-order valence-corrected chi connectivity index (χ2v) is 5.78. The molecule has 1 aromatic rings. The van der Waals surface area contributed by atoms with E-state index in [1.165, 1.54) is 0 Å². The first-order valence-corrected chi connectivity index (χ1v) is 7.46. The highest BCUT2D eigenvalue weighted by Gasteiger charge is 2.25. The third kappa shape index (κ3) is 4.18. The lowest BCUT2D eigenvalue weighted by atomic mass is 9.96. The van der Waals surface area contributed by atoms with Crippen molar-refractivity contribution in [2.45, 2.75) is 33.1 Å². The summed E-state index contributed by atoms with van der Waals surface area (Å²) in [6.07, 6.45) is 6.32. The maximum Gasteiger partial charge on any atom is 0.225 e. The van der Waals surface area contributed by atoms with Gasteiger partial charge in [-0.1, -0.05) is 13.8 Å². The lowest BCUT2D eigenvalue weighted by molar-refractivity contribution is -0.125. The van der Waals surface area contributed by atoms with Crippen molar-refractivity contribution in [2.75, 3.05) is 24.5 Å². The minimum atomic E-state index is 0.141. The molecule has 1 N–H and O–H groups in total. The van der Waals surface area contributed by atoms with Crippen LogP contribution in [0, 0.1) is 11.8 Å². The largest absolute Gasteiger partial charge is 0.356 e. The number of nitrogens with zero attached hydrogens (tertiary/aromatic N) is 3. The number of carbonyl (C=O) groups excluding carboxylic acids is 1. The first-order valence-electron chi connectivity index (χ1n) is 7.46. The Hall–Kier alpha value is -1.65. The molecule has 5 heteroatoms. The first kappa shape index (κ1) is 14.8. The highest BCUT2D eigenvalue weighted by Crippen LogP contribution is 2.20. The van der Waals surface area contributed by atoms with E-state index < -0.39 is 0 Å². The van der Waals surface area contributed by atoms with Crippen LogP contribution in [0.25, 0.3) is 0 Å². The number of hydrogen-bond donors (Lipinski definition) is 1. The van der Waals surface area contributed by atoms with E-state index in [4.69, 9.17) is 0 Å². The molecule has 5 nitrogen and oxygen atoms in total. The molecule has 0 aliphatic carbocycles. The van der Waals surface area contributed by atoms with Gasteiger partial charge in [-0.2, -0.15) is 0 Å². The predicted molar refractivity (Wildman–Crippen MR) is 79.4 cm³/mol. The van der Waals surface area contributed by atoms with Gasteiger partial charge < -0.3 is 10.2 Å². The van der Waals surface area contributed by atoms with Crippen LogP contribution in [0.4, 0.5) is 5.95 Å². The molecule has 20 heavy (non-hydrogen) atoms. The molecule has 0 spiro atoms. The van der Waals surface area contributed by atoms with Crippen LogP contribution in [-0.4, -0.2) is 35.5 Å². The Morgan fingerprint density at radius 3 is 2.60 bits per heavy atom. The van der Waals surface area contributed by atoms with E-state index in [0.717, 1.165) is 44.8 Å². The molecule has 1 aliphatic heterocycles. The maximum atomic E-state index is 12.1. The Kier molecular flexibility index (Phi) is 5.32. The standard InChI is InChI=1S/C15H24N4O/c1-12(2)4-9-16-14(20)13-5-10-19(11-6-13)15-17-7-3-8-18-15/h3,7-8,12-13H,4-6,9-11H2,1-2H3,(H,16,20). The van der Waals surface area contributed by atoms with E-state index in [1.807, 2.05) is 6.07 Å². The van der Waals surface area contributed by atoms with Gasteiger partial charge >= 0.3 is 0 Å². The van der Waals surface area contributed by atoms with E-state index >= 15 is 0 Å². The van der Waals surface area contributed by atoms with Crippen LogP contribution >= 0.6 is 0 Å². The lowest BCUT2D eigenvalue weighted by Gasteiger charge is -2.31. The van der Waals surface area contributed by atoms with Gasteiger partial charge in [0.1, 0.15) is 0 Å². The Balaban J connectivity index is 1.75. The second-order valence-electron chi connectivity index (χ2n) is 5.78. The third-order valence-electron chi connectivity index (χ3n) is 3.72. The monoisotopic (exact) mass is 276 g/mol. The van der Waals surface area contributed by atoms with E-state index in [9.17, 15) is 4.79 Å². The number of rotatable bonds is 5. The van der Waals surface area contributed by atoms with E-state index in [2.05, 4.69) is 34.0 Å². The summed E-state index contributed by atoms with van der Waals surface area (Å²) in [5, 5.41) is 3.05. The fraction of sp³-hybridized carbons (Fsp3) is 0.667. The average Bonchev–Trinajstić information content (AvgIpc) is 2.48. The van der Waals surface area contributed by atoms with Crippen LogP contribution < -0.4 is 10.2 Å². The van der Waals surface area contributed by atoms with Crippen LogP contribution in [-0.2, 0) is 4.79 Å². The van der Waals surface area contributed by atoms with Crippen molar-refractivity contribution < 1.29 is 4.79 Å². The fourth-order valence-electron chi connectivity index (χ4n) is 2.42. The van der Waals surface area contributed by atoms with Gasteiger partial charge in [0.2, 0.25) is 11.9 Å². The van der Waals surface area contributed by atoms with Crippen LogP contribution in [0.1, 0.15) is 33.1 Å². The van der Waals surface area contributed by atoms with Crippen molar-refractivity contribution in [1.29, 1.82) is 0 Å². The van der Waals surface area contributed by atoms with Crippen molar-refractivity contribution in [3.8, 4) is 0 Å². The number of anilines is 1. The van der Waals surface area contributed by atoms with Crippen molar-refractivity contribution in [3.05, 3.63) is 18.5 Å². The van der Waals surface area contributed by atoms with Crippen LogP contribution in [0.2, 0.25) is 0 Å². The molecule has 2 rings (SSSR count). The number of amides is 1. The summed E-state index contributed by atoms with van der Waals surface area (Å²) in [4.78, 5) is 22.7. The average molecular weight is 276 g/mol. The molecule has 0 aromatic carbocycles. The zero-order valence-corrected chi connectivity index (χ0v) is 12.4. The van der Waals surface area contributed by atoms with Crippen molar-refractivity contribution in [1.82, 2.24) is 15.3 Å². The molecule has 1 saturated heterocycles. The minimum absolute atomic E-state index is 0.141. The van der Waals surface area contributed by atoms with Gasteiger partial charge in [0.05, 0.1) is 0 Å². The molecule has 110 valence electrons. The molecule has 0 saturated carbocycles. The molecule has 0 radical (unpaired) electrons. The fourth-order valence-corrected chi connectivity index (χ4v) is 2.42. The molecule has 1 aromatic heterocycles.